The molecule has 0 aliphatic carbocycles. The molecule has 3 aromatic carbocycles. The number of hydroxylamine groups is 1. The van der Waals surface area contributed by atoms with Crippen LogP contribution < -0.4 is 5.48 Å². The number of amides is 2. The highest BCUT2D eigenvalue weighted by Gasteiger charge is 2.47. The van der Waals surface area contributed by atoms with Gasteiger partial charge in [-0.15, -0.1) is 0 Å². The maximum atomic E-state index is 13.8. The van der Waals surface area contributed by atoms with Gasteiger partial charge >= 0.3 is 0 Å². The van der Waals surface area contributed by atoms with Gasteiger partial charge in [-0.2, -0.15) is 0 Å². The van der Waals surface area contributed by atoms with E-state index in [4.69, 9.17) is 10.4 Å². The Kier molecular flexibility index (Phi) is 8.53. The van der Waals surface area contributed by atoms with Crippen LogP contribution in [0.4, 0.5) is 0 Å². The van der Waals surface area contributed by atoms with Crippen LogP contribution >= 0.6 is 0 Å². The molecule has 2 amide bonds. The normalized spacial score (nSPS) is 18.8. The van der Waals surface area contributed by atoms with Crippen molar-refractivity contribution in [2.75, 3.05) is 6.54 Å². The number of benzene rings is 3. The van der Waals surface area contributed by atoms with Gasteiger partial charge in [0, 0.05) is 17.0 Å². The molecule has 1 heterocycles. The van der Waals surface area contributed by atoms with Crippen LogP contribution in [0.1, 0.15) is 34.8 Å². The first-order valence-electron chi connectivity index (χ1n) is 12.2. The maximum absolute atomic E-state index is 13.8. The van der Waals surface area contributed by atoms with Crippen molar-refractivity contribution in [3.8, 4) is 11.1 Å². The minimum absolute atomic E-state index is 0.107. The van der Waals surface area contributed by atoms with E-state index in [0.29, 0.717) is 11.1 Å². The molecular formula is C28H29N5O4. The number of carbonyl (C=O) groups excluding carboxylic acids is 2. The van der Waals surface area contributed by atoms with Gasteiger partial charge in [0.2, 0.25) is 0 Å². The topological polar surface area (TPSA) is 128 Å². The predicted octanol–water partition coefficient (Wildman–Crippen LogP) is 4.42. The number of aliphatic hydroxyl groups is 1. The molecule has 1 saturated heterocycles. The molecule has 1 fully saturated rings. The van der Waals surface area contributed by atoms with Crippen molar-refractivity contribution in [1.82, 2.24) is 10.4 Å². The van der Waals surface area contributed by atoms with E-state index in [9.17, 15) is 14.7 Å². The van der Waals surface area contributed by atoms with Crippen molar-refractivity contribution in [3.05, 3.63) is 106 Å². The van der Waals surface area contributed by atoms with E-state index in [-0.39, 0.29) is 13.2 Å². The Morgan fingerprint density at radius 1 is 1.05 bits per heavy atom. The van der Waals surface area contributed by atoms with Crippen LogP contribution in [-0.2, 0) is 22.7 Å². The third kappa shape index (κ3) is 5.98. The highest BCUT2D eigenvalue weighted by Crippen LogP contribution is 2.29. The number of azide groups is 1. The van der Waals surface area contributed by atoms with Gasteiger partial charge in [0.1, 0.15) is 6.04 Å². The summed E-state index contributed by atoms with van der Waals surface area (Å²) in [6.07, 6.45) is 0.619. The number of aliphatic hydroxyl groups excluding tert-OH is 1. The van der Waals surface area contributed by atoms with E-state index in [1.807, 2.05) is 66.7 Å². The number of aryl methyl sites for hydroxylation is 1. The zero-order valence-electron chi connectivity index (χ0n) is 20.5. The summed E-state index contributed by atoms with van der Waals surface area (Å²) >= 11 is 0. The molecule has 190 valence electrons. The Bertz CT molecular complexity index is 1280. The highest BCUT2D eigenvalue weighted by molar-refractivity contribution is 6.03. The number of nitrogens with one attached hydrogen (secondary N) is 1. The summed E-state index contributed by atoms with van der Waals surface area (Å²) in [5.41, 5.74) is 15.3. The first kappa shape index (κ1) is 25.9. The van der Waals surface area contributed by atoms with Crippen LogP contribution in [0.3, 0.4) is 0 Å². The van der Waals surface area contributed by atoms with E-state index in [2.05, 4.69) is 22.4 Å². The molecule has 2 N–H and O–H groups in total. The summed E-state index contributed by atoms with van der Waals surface area (Å²) in [5, 5.41) is 14.4. The summed E-state index contributed by atoms with van der Waals surface area (Å²) in [6, 6.07) is 22.1. The van der Waals surface area contributed by atoms with Gasteiger partial charge in [0.15, 0.2) is 0 Å². The van der Waals surface area contributed by atoms with Crippen LogP contribution in [-0.4, -0.2) is 46.6 Å². The summed E-state index contributed by atoms with van der Waals surface area (Å²) in [6.45, 7) is 2.12. The zero-order valence-corrected chi connectivity index (χ0v) is 20.5. The number of hydrogen-bond donors (Lipinski definition) is 2. The van der Waals surface area contributed by atoms with Gasteiger partial charge in [0.05, 0.1) is 18.8 Å². The lowest BCUT2D eigenvalue weighted by Gasteiger charge is -2.26. The number of carbonyl (C=O) groups is 2. The molecule has 1 aliphatic rings. The quantitative estimate of drug-likeness (QED) is 0.195. The summed E-state index contributed by atoms with van der Waals surface area (Å²) < 4.78 is 0. The third-order valence-corrected chi connectivity index (χ3v) is 6.38. The van der Waals surface area contributed by atoms with Gasteiger partial charge in [-0.05, 0) is 40.3 Å². The van der Waals surface area contributed by atoms with Gasteiger partial charge < -0.3 is 10.0 Å². The zero-order chi connectivity index (χ0) is 26.2. The predicted molar refractivity (Wildman–Crippen MR) is 139 cm³/mol. The van der Waals surface area contributed by atoms with Crippen LogP contribution in [0.25, 0.3) is 21.6 Å². The van der Waals surface area contributed by atoms with E-state index >= 15 is 0 Å². The molecule has 0 radical (unpaired) electrons. The molecule has 0 unspecified atom stereocenters. The van der Waals surface area contributed by atoms with Crippen molar-refractivity contribution in [1.29, 1.82) is 0 Å². The van der Waals surface area contributed by atoms with E-state index in [0.717, 1.165) is 24.0 Å². The van der Waals surface area contributed by atoms with Gasteiger partial charge in [-0.1, -0.05) is 91.3 Å². The fourth-order valence-corrected chi connectivity index (χ4v) is 4.54. The van der Waals surface area contributed by atoms with Crippen molar-refractivity contribution < 1.29 is 19.5 Å². The van der Waals surface area contributed by atoms with E-state index in [1.54, 1.807) is 12.1 Å². The van der Waals surface area contributed by atoms with Crippen molar-refractivity contribution in [2.24, 2.45) is 5.11 Å². The Hall–Kier alpha value is -4.17. The molecule has 9 heteroatoms. The molecule has 0 saturated carbocycles. The monoisotopic (exact) mass is 499 g/mol. The lowest BCUT2D eigenvalue weighted by molar-refractivity contribution is -0.141. The first-order valence-corrected chi connectivity index (χ1v) is 12.2. The number of rotatable bonds is 9. The first-order chi connectivity index (χ1) is 18.0. The maximum Gasteiger partial charge on any atom is 0.269 e. The minimum Gasteiger partial charge on any atom is -0.390 e. The summed E-state index contributed by atoms with van der Waals surface area (Å²) in [7, 11) is 0. The largest absolute Gasteiger partial charge is 0.390 e. The standard InChI is InChI=1S/C28H29N5O4/c1-2-8-19-13-15-21(16-14-19)22-11-6-7-12-23(22)28(36)33-17-24(30-32-29)26(34)25(33)27(35)31-37-18-20-9-4-3-5-10-20/h3-7,9-16,24-26,34H,2,8,17-18H2,1H3,(H,31,35)/t24-,25-,26+/m0/s1. The van der Waals surface area contributed by atoms with Crippen molar-refractivity contribution >= 4 is 11.8 Å². The van der Waals surface area contributed by atoms with E-state index in [1.165, 1.54) is 10.5 Å². The second-order valence-corrected chi connectivity index (χ2v) is 8.90. The van der Waals surface area contributed by atoms with Crippen LogP contribution in [0, 0.1) is 0 Å². The Morgan fingerprint density at radius 3 is 2.46 bits per heavy atom. The minimum atomic E-state index is -1.39. The lowest BCUT2D eigenvalue weighted by Crippen LogP contribution is -2.50. The molecule has 3 aromatic rings. The Balaban J connectivity index is 1.58. The fraction of sp³-hybridized carbons (Fsp3) is 0.286. The average Bonchev–Trinajstić information content (AvgIpc) is 3.25. The van der Waals surface area contributed by atoms with Gasteiger partial charge in [0.25, 0.3) is 11.8 Å². The number of nitrogens with zero attached hydrogens (tertiary/aromatic N) is 4. The highest BCUT2D eigenvalue weighted by atomic mass is 16.7. The molecule has 37 heavy (non-hydrogen) atoms. The molecule has 9 nitrogen and oxygen atoms in total. The molecule has 0 aromatic heterocycles. The SMILES string of the molecule is CCCc1ccc(-c2ccccc2C(=O)N2C[C@H](N=[N+]=[N-])[C@@H](O)[C@H]2C(=O)NOCc2ccccc2)cc1. The fourth-order valence-electron chi connectivity index (χ4n) is 4.54. The molecule has 0 spiro atoms. The Morgan fingerprint density at radius 2 is 1.76 bits per heavy atom. The molecule has 0 bridgehead atoms. The van der Waals surface area contributed by atoms with Crippen molar-refractivity contribution in [3.63, 3.8) is 0 Å². The van der Waals surface area contributed by atoms with Gasteiger partial charge in [-0.3, -0.25) is 14.4 Å². The number of hydrogen-bond acceptors (Lipinski definition) is 5. The van der Waals surface area contributed by atoms with E-state index < -0.39 is 30.0 Å². The Labute approximate surface area is 215 Å². The number of likely N-dealkylation sites (tertiary alicyclic amines) is 1. The second-order valence-electron chi connectivity index (χ2n) is 8.90. The second kappa shape index (κ2) is 12.2. The lowest BCUT2D eigenvalue weighted by atomic mass is 9.97. The smallest absolute Gasteiger partial charge is 0.269 e. The van der Waals surface area contributed by atoms with Crippen LogP contribution in [0.15, 0.2) is 84.0 Å². The molecule has 3 atom stereocenters. The molecule has 1 aliphatic heterocycles. The van der Waals surface area contributed by atoms with Gasteiger partial charge in [-0.25, -0.2) is 5.48 Å². The average molecular weight is 500 g/mol. The molecular weight excluding hydrogens is 470 g/mol. The van der Waals surface area contributed by atoms with Crippen molar-refractivity contribution in [2.45, 2.75) is 44.6 Å². The van der Waals surface area contributed by atoms with Crippen LogP contribution in [0.2, 0.25) is 0 Å². The third-order valence-electron chi connectivity index (χ3n) is 6.38. The summed E-state index contributed by atoms with van der Waals surface area (Å²) in [4.78, 5) is 36.2. The molecule has 4 rings (SSSR count). The summed E-state index contributed by atoms with van der Waals surface area (Å²) in [5.74, 6) is -1.15. The van der Waals surface area contributed by atoms with Crippen LogP contribution in [0.5, 0.6) is 0 Å².